The van der Waals surface area contributed by atoms with Crippen LogP contribution in [0.1, 0.15) is 32.4 Å². The Hall–Kier alpha value is -3.24. The van der Waals surface area contributed by atoms with Crippen LogP contribution in [0.2, 0.25) is 0 Å². The lowest BCUT2D eigenvalue weighted by Crippen LogP contribution is -2.46. The van der Waals surface area contributed by atoms with E-state index in [4.69, 9.17) is 14.2 Å². The van der Waals surface area contributed by atoms with Gasteiger partial charge >= 0.3 is 12.0 Å². The molecule has 1 aliphatic heterocycles. The standard InChI is InChI=1S/C25H27N3O5S2/c1-4-31-15-11-12-19(32-5-2)16(13-15)22-21(23(29)33-6-3)18(26-24(30)28-22)14-34-25-27-17-9-7-8-10-20(17)35-25/h7-13,22H,4-6,14H2,1-3H3,(H2,26,28,30). The third-order valence-corrected chi connectivity index (χ3v) is 7.37. The Morgan fingerprint density at radius 3 is 2.63 bits per heavy atom. The zero-order valence-corrected chi connectivity index (χ0v) is 21.4. The van der Waals surface area contributed by atoms with Crippen molar-refractivity contribution in [3.63, 3.8) is 0 Å². The number of urea groups is 1. The molecule has 10 heteroatoms. The lowest BCUT2D eigenvalue weighted by atomic mass is 9.94. The number of benzene rings is 2. The first-order valence-corrected chi connectivity index (χ1v) is 13.2. The number of thiazole rings is 1. The molecule has 35 heavy (non-hydrogen) atoms. The summed E-state index contributed by atoms with van der Waals surface area (Å²) in [5.41, 5.74) is 2.35. The van der Waals surface area contributed by atoms with Gasteiger partial charge in [-0.05, 0) is 51.1 Å². The second-order valence-electron chi connectivity index (χ2n) is 7.45. The zero-order valence-electron chi connectivity index (χ0n) is 19.8. The predicted octanol–water partition coefficient (Wildman–Crippen LogP) is 5.06. The number of hydrogen-bond acceptors (Lipinski definition) is 8. The van der Waals surface area contributed by atoms with Crippen LogP contribution in [-0.4, -0.2) is 42.6 Å². The molecule has 8 nitrogen and oxygen atoms in total. The lowest BCUT2D eigenvalue weighted by molar-refractivity contribution is -0.139. The van der Waals surface area contributed by atoms with Crippen molar-refractivity contribution in [2.24, 2.45) is 0 Å². The Morgan fingerprint density at radius 1 is 1.09 bits per heavy atom. The first kappa shape index (κ1) is 24.9. The van der Waals surface area contributed by atoms with Gasteiger partial charge in [0.15, 0.2) is 4.34 Å². The molecule has 2 aromatic carbocycles. The van der Waals surface area contributed by atoms with Crippen molar-refractivity contribution in [3.05, 3.63) is 59.3 Å². The van der Waals surface area contributed by atoms with E-state index in [-0.39, 0.29) is 6.61 Å². The number of esters is 1. The minimum absolute atomic E-state index is 0.207. The normalized spacial score (nSPS) is 15.5. The molecule has 0 saturated heterocycles. The maximum absolute atomic E-state index is 13.2. The van der Waals surface area contributed by atoms with E-state index < -0.39 is 18.0 Å². The number of hydrogen-bond donors (Lipinski definition) is 2. The number of ether oxygens (including phenoxy) is 3. The van der Waals surface area contributed by atoms with Crippen molar-refractivity contribution in [2.75, 3.05) is 25.6 Å². The van der Waals surface area contributed by atoms with E-state index in [2.05, 4.69) is 15.6 Å². The number of nitrogens with zero attached hydrogens (tertiary/aromatic N) is 1. The van der Waals surface area contributed by atoms with Gasteiger partial charge in [-0.2, -0.15) is 0 Å². The van der Waals surface area contributed by atoms with Gasteiger partial charge in [-0.3, -0.25) is 0 Å². The summed E-state index contributed by atoms with van der Waals surface area (Å²) in [4.78, 5) is 30.5. The summed E-state index contributed by atoms with van der Waals surface area (Å²) in [6, 6.07) is 12.1. The second-order valence-corrected chi connectivity index (χ2v) is 9.70. The second kappa shape index (κ2) is 11.5. The highest BCUT2D eigenvalue weighted by Crippen LogP contribution is 2.38. The Balaban J connectivity index is 1.74. The first-order chi connectivity index (χ1) is 17.0. The van der Waals surface area contributed by atoms with Crippen molar-refractivity contribution in [3.8, 4) is 11.5 Å². The van der Waals surface area contributed by atoms with Crippen LogP contribution in [0.15, 0.2) is 58.1 Å². The largest absolute Gasteiger partial charge is 0.494 e. The van der Waals surface area contributed by atoms with Crippen LogP contribution in [0, 0.1) is 0 Å². The molecule has 0 aliphatic carbocycles. The number of aromatic nitrogens is 1. The molecule has 0 spiro atoms. The van der Waals surface area contributed by atoms with Crippen LogP contribution < -0.4 is 20.1 Å². The predicted molar refractivity (Wildman–Crippen MR) is 137 cm³/mol. The van der Waals surface area contributed by atoms with E-state index in [9.17, 15) is 9.59 Å². The number of carbonyl (C=O) groups is 2. The highest BCUT2D eigenvalue weighted by Gasteiger charge is 2.35. The van der Waals surface area contributed by atoms with Crippen molar-refractivity contribution in [1.82, 2.24) is 15.6 Å². The summed E-state index contributed by atoms with van der Waals surface area (Å²) in [6.45, 7) is 6.64. The average Bonchev–Trinajstić information content (AvgIpc) is 3.27. The molecular formula is C25H27N3O5S2. The molecule has 1 aliphatic rings. The van der Waals surface area contributed by atoms with Gasteiger partial charge in [0.25, 0.3) is 0 Å². The summed E-state index contributed by atoms with van der Waals surface area (Å²) in [7, 11) is 0. The summed E-state index contributed by atoms with van der Waals surface area (Å²) < 4.78 is 18.8. The maximum atomic E-state index is 13.2. The van der Waals surface area contributed by atoms with E-state index >= 15 is 0 Å². The Morgan fingerprint density at radius 2 is 1.89 bits per heavy atom. The molecule has 4 rings (SSSR count). The molecule has 3 aromatic rings. The van der Waals surface area contributed by atoms with Crippen molar-refractivity contribution in [1.29, 1.82) is 0 Å². The molecule has 1 unspecified atom stereocenters. The maximum Gasteiger partial charge on any atom is 0.338 e. The number of carbonyl (C=O) groups excluding carboxylic acids is 2. The summed E-state index contributed by atoms with van der Waals surface area (Å²) in [5, 5.41) is 5.69. The van der Waals surface area contributed by atoms with Crippen molar-refractivity contribution < 1.29 is 23.8 Å². The van der Waals surface area contributed by atoms with Crippen LogP contribution in [-0.2, 0) is 9.53 Å². The number of fused-ring (bicyclic) bond motifs is 1. The fourth-order valence-electron chi connectivity index (χ4n) is 3.76. The molecule has 1 aromatic heterocycles. The average molecular weight is 514 g/mol. The summed E-state index contributed by atoms with van der Waals surface area (Å²) >= 11 is 3.03. The highest BCUT2D eigenvalue weighted by molar-refractivity contribution is 8.01. The van der Waals surface area contributed by atoms with Crippen LogP contribution in [0.5, 0.6) is 11.5 Å². The molecule has 2 N–H and O–H groups in total. The monoisotopic (exact) mass is 513 g/mol. The number of thioether (sulfide) groups is 1. The Labute approximate surface area is 212 Å². The van der Waals surface area contributed by atoms with Gasteiger partial charge in [0.1, 0.15) is 11.5 Å². The molecule has 0 radical (unpaired) electrons. The van der Waals surface area contributed by atoms with Gasteiger partial charge < -0.3 is 24.8 Å². The lowest BCUT2D eigenvalue weighted by Gasteiger charge is -2.30. The van der Waals surface area contributed by atoms with E-state index in [1.165, 1.54) is 11.8 Å². The fraction of sp³-hybridized carbons (Fsp3) is 0.320. The highest BCUT2D eigenvalue weighted by atomic mass is 32.2. The molecule has 2 heterocycles. The van der Waals surface area contributed by atoms with E-state index in [1.807, 2.05) is 38.1 Å². The third-order valence-electron chi connectivity index (χ3n) is 5.17. The van der Waals surface area contributed by atoms with Crippen LogP contribution in [0.3, 0.4) is 0 Å². The van der Waals surface area contributed by atoms with Crippen molar-refractivity contribution >= 4 is 45.3 Å². The Kier molecular flexibility index (Phi) is 8.14. The summed E-state index contributed by atoms with van der Waals surface area (Å²) in [5.74, 6) is 1.01. The van der Waals surface area contributed by atoms with Crippen LogP contribution in [0.25, 0.3) is 10.2 Å². The zero-order chi connectivity index (χ0) is 24.8. The molecule has 0 saturated carbocycles. The van der Waals surface area contributed by atoms with E-state index in [1.54, 1.807) is 36.5 Å². The van der Waals surface area contributed by atoms with Gasteiger partial charge in [-0.25, -0.2) is 14.6 Å². The molecule has 0 bridgehead atoms. The topological polar surface area (TPSA) is 98.8 Å². The van der Waals surface area contributed by atoms with E-state index in [0.717, 1.165) is 14.6 Å². The number of rotatable bonds is 10. The van der Waals surface area contributed by atoms with Gasteiger partial charge in [-0.1, -0.05) is 23.9 Å². The molecule has 184 valence electrons. The number of amides is 2. The third kappa shape index (κ3) is 5.71. The first-order valence-electron chi connectivity index (χ1n) is 11.4. The van der Waals surface area contributed by atoms with E-state index in [0.29, 0.717) is 47.3 Å². The smallest absolute Gasteiger partial charge is 0.338 e. The molecule has 2 amide bonds. The number of para-hydroxylation sites is 1. The van der Waals surface area contributed by atoms with Gasteiger partial charge in [0.2, 0.25) is 0 Å². The Bertz CT molecular complexity index is 1220. The van der Waals surface area contributed by atoms with Gasteiger partial charge in [0.05, 0.1) is 41.7 Å². The van der Waals surface area contributed by atoms with Crippen LogP contribution in [0.4, 0.5) is 4.79 Å². The molecule has 0 fully saturated rings. The fourth-order valence-corrected chi connectivity index (χ4v) is 5.79. The minimum atomic E-state index is -0.768. The van der Waals surface area contributed by atoms with Gasteiger partial charge in [-0.15, -0.1) is 11.3 Å². The number of nitrogens with one attached hydrogen (secondary N) is 2. The molecular weight excluding hydrogens is 486 g/mol. The SMILES string of the molecule is CCOC(=O)C1=C(CSc2nc3ccccc3s2)NC(=O)NC1c1cc(OCC)ccc1OCC. The van der Waals surface area contributed by atoms with Crippen molar-refractivity contribution in [2.45, 2.75) is 31.2 Å². The quantitative estimate of drug-likeness (QED) is 0.289. The molecule has 1 atom stereocenters. The minimum Gasteiger partial charge on any atom is -0.494 e. The van der Waals surface area contributed by atoms with Gasteiger partial charge in [0, 0.05) is 17.0 Å². The summed E-state index contributed by atoms with van der Waals surface area (Å²) in [6.07, 6.45) is 0. The van der Waals surface area contributed by atoms with Crippen LogP contribution >= 0.6 is 23.1 Å².